The molecule has 18 aromatic rings. The fraction of sp³-hybridized carbons (Fsp3) is 0.148. The normalized spacial score (nSPS) is 14.8. The van der Waals surface area contributed by atoms with Crippen molar-refractivity contribution >= 4 is 120 Å². The molecule has 2 atom stereocenters. The van der Waals surface area contributed by atoms with E-state index in [-0.39, 0.29) is 48.4 Å². The number of aryl methyl sites for hydroxylation is 2. The number of amides is 7. The molecule has 0 radical (unpaired) electrons. The average molecular weight is 1890 g/mol. The van der Waals surface area contributed by atoms with Crippen molar-refractivity contribution in [1.82, 2.24) is 44.0 Å². The monoisotopic (exact) mass is 1890 g/mol. The predicted octanol–water partition coefficient (Wildman–Crippen LogP) is 21.8. The number of ether oxygens (including phenoxy) is 4. The van der Waals surface area contributed by atoms with E-state index in [4.69, 9.17) is 18.9 Å². The van der Waals surface area contributed by atoms with Gasteiger partial charge in [-0.1, -0.05) is 164 Å². The molecule has 16 heterocycles. The van der Waals surface area contributed by atoms with Crippen LogP contribution in [0.2, 0.25) is 0 Å². The SMILES string of the molecule is CC(c1cc2c3c(c1)COC(=O)N3CC2)n1ccnc1.CN1CC(=O)Nc2ccc(-c3cccnc3)cc21.O=C1CCc2cc(-c3cncc4ccccc34)ccc2N1.O=C1CCc2cc(C(c3ccccc3)n3ccnc3)cc3c2N1CC3.O=C1COc2cc(-c3cncc4ccccc34)ccc2N1.O=C1Nc2ccc(-c3cccnc3)cc2CO1.O=C1Nc2ccc(-c3cncc4ccccc34)cc2CO1. The zero-order valence-electron chi connectivity index (χ0n) is 78.0. The number of fused-ring (bicyclic) bond motifs is 8. The molecule has 28 nitrogen and oxygen atoms in total. The number of benzene rings is 11. The fourth-order valence-electron chi connectivity index (χ4n) is 19.4. The summed E-state index contributed by atoms with van der Waals surface area (Å²) in [6.45, 7) is 5.14. The van der Waals surface area contributed by atoms with Gasteiger partial charge in [-0.15, -0.1) is 0 Å². The Balaban J connectivity index is 0.0000000988. The van der Waals surface area contributed by atoms with Gasteiger partial charge < -0.3 is 53.8 Å². The lowest BCUT2D eigenvalue weighted by Crippen LogP contribution is -2.35. The highest BCUT2D eigenvalue weighted by molar-refractivity contribution is 6.05. The van der Waals surface area contributed by atoms with Crippen LogP contribution < -0.4 is 46.0 Å². The molecule has 7 aromatic heterocycles. The number of aromatic nitrogens is 9. The Morgan fingerprint density at radius 2 is 0.797 bits per heavy atom. The van der Waals surface area contributed by atoms with Crippen LogP contribution >= 0.6 is 0 Å². The molecule has 2 unspecified atom stereocenters. The maximum atomic E-state index is 12.2. The summed E-state index contributed by atoms with van der Waals surface area (Å²) in [6, 6.07) is 82.0. The van der Waals surface area contributed by atoms with Crippen molar-refractivity contribution in [1.29, 1.82) is 0 Å². The standard InChI is InChI=1S/C21H19N3O.C18H14N2O.2C17H12N2O2.C15H15N3O2.C14H13N3O.C13H10N2O2/c25-19-7-6-16-12-18(13-17-8-10-24(19)21(16)17)20(23-11-9-22-14-23)15-4-2-1-3-5-15;21-18-8-6-13-9-12(5-7-17(13)20-18)16-11-19-10-14-3-1-2-4-15(14)16;20-17-19-16-6-5-11(7-13(16)10-21-17)15-9-18-8-12-3-1-2-4-14(12)15;20-17-10-21-16-7-11(5-6-15(16)19-17)14-9-18-8-12-3-1-2-4-13(12)14;1-10(17-5-3-16-9-17)12-6-11-2-4-18-14(11)13(7-12)8-20-15(18)19;1-17-9-14(18)16-12-5-4-10(7-13(12)17)11-3-2-6-15-8-11;16-13-15-12-4-3-9(6-11(12)8-17-13)10-2-1-5-14-7-10/h1-5,9,11-14,20H,6-8,10H2;1-5,7,9-11H,6,8H2,(H,20,21);2*1-9H,10H2,(H,19,20);3,5-7,9-10H,2,4,8H2,1H3;2-8H,9H2,1H3,(H,16,18);1-7H,8H2,(H,15,16). The Morgan fingerprint density at radius 3 is 1.38 bits per heavy atom. The van der Waals surface area contributed by atoms with Crippen molar-refractivity contribution in [3.05, 3.63) is 398 Å². The number of carbonyl (C=O) groups excluding carboxylic acids is 7. The summed E-state index contributed by atoms with van der Waals surface area (Å²) < 4.78 is 24.9. The van der Waals surface area contributed by atoms with E-state index in [1.807, 2.05) is 255 Å². The maximum Gasteiger partial charge on any atom is 0.414 e. The number of nitrogens with zero attached hydrogens (tertiary/aromatic N) is 12. The molecule has 143 heavy (non-hydrogen) atoms. The first-order valence-electron chi connectivity index (χ1n) is 47.2. The first-order valence-corrected chi connectivity index (χ1v) is 47.2. The molecular weight excluding hydrogens is 1800 g/mol. The Kier molecular flexibility index (Phi) is 26.0. The third kappa shape index (κ3) is 19.8. The molecule has 7 amide bonds. The Bertz CT molecular complexity index is 7570. The number of pyridine rings is 5. The molecule has 0 bridgehead atoms. The highest BCUT2D eigenvalue weighted by Gasteiger charge is 2.36. The van der Waals surface area contributed by atoms with Crippen LogP contribution in [0.25, 0.3) is 88.0 Å². The first-order chi connectivity index (χ1) is 70.0. The van der Waals surface area contributed by atoms with Gasteiger partial charge in [-0.25, -0.2) is 24.4 Å². The van der Waals surface area contributed by atoms with Crippen molar-refractivity contribution in [2.24, 2.45) is 0 Å². The molecule has 5 N–H and O–H groups in total. The third-order valence-corrected chi connectivity index (χ3v) is 26.5. The van der Waals surface area contributed by atoms with Gasteiger partial charge in [0.1, 0.15) is 25.6 Å². The van der Waals surface area contributed by atoms with Gasteiger partial charge in [-0.05, 0) is 194 Å². The smallest absolute Gasteiger partial charge is 0.414 e. The number of likely N-dealkylation sites (N-methyl/N-ethyl adjacent to an activating group) is 1. The van der Waals surface area contributed by atoms with E-state index < -0.39 is 12.2 Å². The predicted molar refractivity (Wildman–Crippen MR) is 552 cm³/mol. The lowest BCUT2D eigenvalue weighted by molar-refractivity contribution is -0.119. The second kappa shape index (κ2) is 40.8. The minimum absolute atomic E-state index is 0.0270. The molecular formula is C115H95N17O11. The van der Waals surface area contributed by atoms with E-state index in [1.54, 1.807) is 23.5 Å². The fourth-order valence-corrected chi connectivity index (χ4v) is 19.4. The molecule has 0 fully saturated rings. The van der Waals surface area contributed by atoms with Gasteiger partial charge in [0, 0.05) is 186 Å². The molecule has 9 aliphatic heterocycles. The number of carbonyl (C=O) groups is 7. The highest BCUT2D eigenvalue weighted by atomic mass is 16.6. The van der Waals surface area contributed by atoms with Crippen molar-refractivity contribution < 1.29 is 52.5 Å². The average Bonchev–Trinajstić information content (AvgIpc) is 1.56. The summed E-state index contributed by atoms with van der Waals surface area (Å²) in [4.78, 5) is 116. The van der Waals surface area contributed by atoms with Gasteiger partial charge in [0.05, 0.1) is 71.1 Å². The van der Waals surface area contributed by atoms with Gasteiger partial charge in [-0.3, -0.25) is 59.6 Å². The molecule has 0 saturated heterocycles. The number of anilines is 8. The summed E-state index contributed by atoms with van der Waals surface area (Å²) in [5.74, 6) is 0.969. The zero-order valence-corrected chi connectivity index (χ0v) is 78.0. The summed E-state index contributed by atoms with van der Waals surface area (Å²) in [5.41, 5.74) is 30.1. The largest absolute Gasteiger partial charge is 0.482 e. The van der Waals surface area contributed by atoms with Crippen LogP contribution in [-0.4, -0.2) is 119 Å². The topological polar surface area (TPSA) is 326 Å². The van der Waals surface area contributed by atoms with Gasteiger partial charge in [0.2, 0.25) is 17.7 Å². The number of rotatable bonds is 10. The number of nitrogens with one attached hydrogen (secondary N) is 5. The lowest BCUT2D eigenvalue weighted by Gasteiger charge is -2.27. The van der Waals surface area contributed by atoms with Crippen molar-refractivity contribution in [3.63, 3.8) is 0 Å². The quantitative estimate of drug-likeness (QED) is 0.0794. The molecule has 0 saturated carbocycles. The van der Waals surface area contributed by atoms with Crippen LogP contribution in [0.4, 0.5) is 59.9 Å². The maximum absolute atomic E-state index is 12.2. The van der Waals surface area contributed by atoms with E-state index in [2.05, 4.69) is 162 Å². The Hall–Kier alpha value is -18.3. The second-order valence-corrected chi connectivity index (χ2v) is 35.6. The summed E-state index contributed by atoms with van der Waals surface area (Å²) in [5, 5.41) is 20.8. The van der Waals surface area contributed by atoms with E-state index in [9.17, 15) is 33.6 Å². The number of imidazole rings is 2. The molecule has 11 aromatic carbocycles. The third-order valence-electron chi connectivity index (χ3n) is 26.5. The molecule has 28 heteroatoms. The van der Waals surface area contributed by atoms with Crippen LogP contribution in [0, 0.1) is 0 Å². The van der Waals surface area contributed by atoms with Crippen LogP contribution in [0.5, 0.6) is 5.75 Å². The minimum atomic E-state index is -0.401. The zero-order chi connectivity index (χ0) is 97.4. The van der Waals surface area contributed by atoms with Crippen LogP contribution in [0.15, 0.2) is 342 Å². The van der Waals surface area contributed by atoms with Crippen LogP contribution in [0.3, 0.4) is 0 Å². The summed E-state index contributed by atoms with van der Waals surface area (Å²) >= 11 is 0. The van der Waals surface area contributed by atoms with Crippen LogP contribution in [0.1, 0.15) is 87.5 Å². The van der Waals surface area contributed by atoms with E-state index >= 15 is 0 Å². The summed E-state index contributed by atoms with van der Waals surface area (Å²) in [7, 11) is 1.92. The minimum Gasteiger partial charge on any atom is -0.482 e. The van der Waals surface area contributed by atoms with E-state index in [0.29, 0.717) is 50.6 Å². The van der Waals surface area contributed by atoms with Crippen molar-refractivity contribution in [2.75, 3.05) is 74.6 Å². The Morgan fingerprint density at radius 1 is 0.322 bits per heavy atom. The molecule has 9 aliphatic rings. The lowest BCUT2D eigenvalue weighted by atomic mass is 9.91. The summed E-state index contributed by atoms with van der Waals surface area (Å²) in [6.07, 6.45) is 33.4. The van der Waals surface area contributed by atoms with E-state index in [0.717, 1.165) is 172 Å². The molecule has 27 rings (SSSR count). The molecule has 0 spiro atoms. The second-order valence-electron chi connectivity index (χ2n) is 35.6. The van der Waals surface area contributed by atoms with Crippen molar-refractivity contribution in [2.45, 2.75) is 77.4 Å². The first kappa shape index (κ1) is 91.1. The van der Waals surface area contributed by atoms with Crippen LogP contribution in [-0.2, 0) is 78.9 Å². The molecule has 0 aliphatic carbocycles. The van der Waals surface area contributed by atoms with E-state index in [1.165, 1.54) is 50.0 Å². The van der Waals surface area contributed by atoms with Gasteiger partial charge in [0.25, 0.3) is 5.91 Å². The molecule has 706 valence electrons. The van der Waals surface area contributed by atoms with Gasteiger partial charge >= 0.3 is 18.3 Å². The van der Waals surface area contributed by atoms with Gasteiger partial charge in [-0.2, -0.15) is 0 Å². The number of hydrogen-bond donors (Lipinski definition) is 5. The highest BCUT2D eigenvalue weighted by Crippen LogP contribution is 2.45. The van der Waals surface area contributed by atoms with Crippen molar-refractivity contribution in [3.8, 4) is 61.4 Å². The number of cyclic esters (lactones) is 3. The number of hydrogen-bond acceptors (Lipinski definition) is 19. The van der Waals surface area contributed by atoms with Gasteiger partial charge in [0.15, 0.2) is 6.61 Å². The Labute approximate surface area is 822 Å².